The number of aryl methyl sites for hydroxylation is 1. The number of aliphatic hydroxyl groups excluding tert-OH is 3. The Morgan fingerprint density at radius 2 is 1.97 bits per heavy atom. The zero-order chi connectivity index (χ0) is 42.3. The molecular weight excluding hydrogens is 817 g/mol. The Kier molecular flexibility index (Phi) is 10.6. The molecule has 2 spiro atoms. The number of carbonyl (C=O) groups excluding carboxylic acids is 1. The Morgan fingerprint density at radius 3 is 2.82 bits per heavy atom. The maximum absolute atomic E-state index is 13.6. The van der Waals surface area contributed by atoms with Crippen molar-refractivity contribution in [1.82, 2.24) is 5.32 Å². The first-order valence-corrected chi connectivity index (χ1v) is 25.1. The number of aliphatic hydroxyl groups is 3. The third kappa shape index (κ3) is 6.84. The number of ether oxygens (including phenoxy) is 2. The van der Waals surface area contributed by atoms with Crippen LogP contribution in [0.25, 0.3) is 0 Å². The van der Waals surface area contributed by atoms with Crippen molar-refractivity contribution in [3.63, 3.8) is 0 Å². The number of nitrogens with zero attached hydrogens (tertiary/aromatic N) is 1. The van der Waals surface area contributed by atoms with Gasteiger partial charge in [0.15, 0.2) is 11.5 Å². The zero-order valence-corrected chi connectivity index (χ0v) is 36.8. The first-order chi connectivity index (χ1) is 30.1. The second-order valence-corrected chi connectivity index (χ2v) is 21.7. The maximum Gasteiger partial charge on any atom is 0.252 e. The Balaban J connectivity index is 1.05. The van der Waals surface area contributed by atoms with Gasteiger partial charge in [0.25, 0.3) is 6.23 Å². The van der Waals surface area contributed by atoms with E-state index >= 15 is 0 Å². The summed E-state index contributed by atoms with van der Waals surface area (Å²) in [5.74, 6) is 12.7. The van der Waals surface area contributed by atoms with Gasteiger partial charge in [0.1, 0.15) is 42.4 Å². The third-order valence-electron chi connectivity index (χ3n) is 15.5. The predicted molar refractivity (Wildman–Crippen MR) is 241 cm³/mol. The highest BCUT2D eigenvalue weighted by Gasteiger charge is 2.53. The van der Waals surface area contributed by atoms with Crippen molar-refractivity contribution in [2.75, 3.05) is 18.8 Å². The van der Waals surface area contributed by atoms with Gasteiger partial charge in [0.05, 0.1) is 29.4 Å². The number of hydrogen-bond donors (Lipinski definition) is 6. The van der Waals surface area contributed by atoms with E-state index in [4.69, 9.17) is 20.2 Å². The van der Waals surface area contributed by atoms with E-state index in [9.17, 15) is 20.1 Å². The van der Waals surface area contributed by atoms with Gasteiger partial charge in [-0.3, -0.25) is 20.0 Å². The van der Waals surface area contributed by atoms with E-state index in [1.165, 1.54) is 16.7 Å². The van der Waals surface area contributed by atoms with E-state index in [-0.39, 0.29) is 48.0 Å². The summed E-state index contributed by atoms with van der Waals surface area (Å²) in [6.45, 7) is 3.40. The van der Waals surface area contributed by atoms with Crippen molar-refractivity contribution in [2.45, 2.75) is 119 Å². The molecule has 0 amide bonds. The highest BCUT2D eigenvalue weighted by atomic mass is 33.1. The first-order valence-electron chi connectivity index (χ1n) is 22.6. The van der Waals surface area contributed by atoms with Crippen LogP contribution >= 0.6 is 21.6 Å². The first kappa shape index (κ1) is 40.9. The number of fused-ring (bicyclic) bond motifs is 2. The smallest absolute Gasteiger partial charge is 0.252 e. The Labute approximate surface area is 371 Å². The lowest BCUT2D eigenvalue weighted by atomic mass is 9.61. The molecule has 7 N–H and O–H groups in total. The number of nitrogens with two attached hydrogens (primary N) is 1. The lowest BCUT2D eigenvalue weighted by Gasteiger charge is -2.49. The number of nitrogens with one attached hydrogen (secondary N) is 2. The van der Waals surface area contributed by atoms with Gasteiger partial charge < -0.3 is 30.5 Å². The summed E-state index contributed by atoms with van der Waals surface area (Å²) in [6, 6.07) is 8.16. The SMILES string of the molecule is CC1C=CC(C(O)CC(=O)CCc2ccc3c4c2CSSCC25CCC6C7=CN=C8C[NH+](C=C78)C(O4)C(C#CC(O)c4ccc(c2c46)C(N)NC5)C2(C#CO3)CCCC2)C(O)C1. The van der Waals surface area contributed by atoms with Crippen LogP contribution in [0.15, 0.2) is 65.0 Å². The van der Waals surface area contributed by atoms with Crippen LogP contribution in [0.3, 0.4) is 0 Å². The minimum absolute atomic E-state index is 0.0179. The molecule has 3 aliphatic carbocycles. The number of hydrogen-bond acceptors (Lipinski definition) is 11. The second kappa shape index (κ2) is 16.0. The topological polar surface area (TPSA) is 151 Å². The number of carbonyl (C=O) groups is 1. The van der Waals surface area contributed by atoms with Crippen LogP contribution in [0.5, 0.6) is 11.5 Å². The fraction of sp³-hybridized carbons (Fsp3) is 0.520. The molecule has 0 saturated heterocycles. The van der Waals surface area contributed by atoms with Crippen molar-refractivity contribution in [3.05, 3.63) is 93.3 Å². The largest absolute Gasteiger partial charge is 0.437 e. The fourth-order valence-electron chi connectivity index (χ4n) is 12.2. The summed E-state index contributed by atoms with van der Waals surface area (Å²) >= 11 is 0. The quantitative estimate of drug-likeness (QED) is 0.130. The van der Waals surface area contributed by atoms with Gasteiger partial charge in [-0.2, -0.15) is 0 Å². The molecule has 1 saturated carbocycles. The predicted octanol–water partition coefficient (Wildman–Crippen LogP) is 5.19. The highest BCUT2D eigenvalue weighted by molar-refractivity contribution is 8.76. The van der Waals surface area contributed by atoms with Gasteiger partial charge in [0, 0.05) is 59.9 Å². The zero-order valence-electron chi connectivity index (χ0n) is 35.1. The van der Waals surface area contributed by atoms with Gasteiger partial charge in [-0.15, -0.1) is 0 Å². The molecule has 10 nitrogen and oxygen atoms in total. The van der Waals surface area contributed by atoms with Gasteiger partial charge in [-0.25, -0.2) is 0 Å². The number of aliphatic imine (C=N–C) groups is 1. The van der Waals surface area contributed by atoms with Crippen LogP contribution in [0.1, 0.15) is 116 Å². The van der Waals surface area contributed by atoms with Gasteiger partial charge >= 0.3 is 0 Å². The number of Topliss-reactive ketones (excluding diaryl/α,β-unsaturated/α-hetero) is 1. The summed E-state index contributed by atoms with van der Waals surface area (Å²) in [5, 5.41) is 37.9. The number of ketones is 1. The normalized spacial score (nSPS) is 34.7. The van der Waals surface area contributed by atoms with Gasteiger partial charge in [-0.05, 0) is 83.9 Å². The van der Waals surface area contributed by atoms with Crippen molar-refractivity contribution in [3.8, 4) is 35.4 Å². The van der Waals surface area contributed by atoms with E-state index < -0.39 is 35.9 Å². The lowest BCUT2D eigenvalue weighted by Crippen LogP contribution is -3.13. The molecule has 11 aliphatic rings. The minimum atomic E-state index is -1.03. The number of allylic oxidation sites excluding steroid dienone is 2. The van der Waals surface area contributed by atoms with E-state index in [0.29, 0.717) is 36.6 Å². The van der Waals surface area contributed by atoms with Crippen LogP contribution in [0.4, 0.5) is 0 Å². The van der Waals surface area contributed by atoms with Gasteiger partial charge in [-0.1, -0.05) is 89.5 Å². The molecular formula is C50H55N4O6S2+. The molecule has 322 valence electrons. The summed E-state index contributed by atoms with van der Waals surface area (Å²) in [7, 11) is 3.63. The minimum Gasteiger partial charge on any atom is -0.437 e. The molecule has 8 aliphatic heterocycles. The molecule has 11 unspecified atom stereocenters. The van der Waals surface area contributed by atoms with Crippen molar-refractivity contribution >= 4 is 33.1 Å². The lowest BCUT2D eigenvalue weighted by molar-refractivity contribution is -0.888. The Bertz CT molecular complexity index is 2470. The summed E-state index contributed by atoms with van der Waals surface area (Å²) < 4.78 is 14.0. The number of quaternary nitrogens is 1. The molecule has 1 fully saturated rings. The molecule has 2 aromatic rings. The van der Waals surface area contributed by atoms with E-state index in [2.05, 4.69) is 53.7 Å². The average Bonchev–Trinajstić information content (AvgIpc) is 4.01. The molecule has 0 aromatic heterocycles. The Hall–Kier alpha value is -3.82. The molecule has 13 rings (SSSR count). The second-order valence-electron chi connectivity index (χ2n) is 19.2. The third-order valence-corrected chi connectivity index (χ3v) is 18.0. The standard InChI is InChI=1S/C50H54N4O6S2/c1-28-4-8-32(41(57)20-28)42(58)21-30(55)7-5-29-6-13-43-46-37(29)25-61-62-27-50-17-14-31-35-22-52-39-24-54(23-36(35)39)48(60-46)38(49(18-19-59-43)15-2-3-16-49)11-12-40(56)33-9-10-34(45(50)44(31)33)47(51)53-26-50/h4,6,8-10,13,22-23,28,31-32,38,40-42,47-48,53,56-58H,2-3,5,7,14-17,20-21,24-27,51H2,1H3/p+1. The summed E-state index contributed by atoms with van der Waals surface area (Å²) in [6.07, 6.45) is 14.8. The van der Waals surface area contributed by atoms with Crippen molar-refractivity contribution < 1.29 is 34.5 Å². The molecule has 62 heavy (non-hydrogen) atoms. The monoisotopic (exact) mass is 871 g/mol. The van der Waals surface area contributed by atoms with E-state index in [1.54, 1.807) is 10.8 Å². The molecule has 11 atom stereocenters. The summed E-state index contributed by atoms with van der Waals surface area (Å²) in [4.78, 5) is 19.9. The molecule has 8 heterocycles. The molecule has 12 heteroatoms. The van der Waals surface area contributed by atoms with E-state index in [0.717, 1.165) is 89.3 Å². The molecule has 10 bridgehead atoms. The fourth-order valence-corrected chi connectivity index (χ4v) is 14.9. The number of rotatable bonds is 6. The van der Waals surface area contributed by atoms with Gasteiger partial charge in [0.2, 0.25) is 0 Å². The van der Waals surface area contributed by atoms with E-state index in [1.807, 2.05) is 42.0 Å². The molecule has 0 radical (unpaired) electrons. The van der Waals surface area contributed by atoms with Crippen molar-refractivity contribution in [1.29, 1.82) is 0 Å². The number of benzene rings is 2. The molecule has 2 aromatic carbocycles. The Morgan fingerprint density at radius 1 is 1.11 bits per heavy atom. The highest BCUT2D eigenvalue weighted by Crippen LogP contribution is 2.56. The van der Waals surface area contributed by atoms with Crippen LogP contribution in [0, 0.1) is 47.0 Å². The summed E-state index contributed by atoms with van der Waals surface area (Å²) in [5.41, 5.74) is 15.9. The van der Waals surface area contributed by atoms with Crippen LogP contribution < -0.4 is 25.4 Å². The van der Waals surface area contributed by atoms with Crippen LogP contribution in [-0.2, 0) is 22.4 Å². The van der Waals surface area contributed by atoms with Crippen LogP contribution in [-0.4, -0.2) is 64.1 Å². The average molecular weight is 872 g/mol. The van der Waals surface area contributed by atoms with Crippen molar-refractivity contribution in [2.24, 2.45) is 33.9 Å². The maximum atomic E-state index is 13.6. The van der Waals surface area contributed by atoms with Crippen LogP contribution in [0.2, 0.25) is 0 Å².